The van der Waals surface area contributed by atoms with Crippen LogP contribution in [0.4, 0.5) is 5.69 Å². The Hall–Kier alpha value is -2.31. The molecule has 128 valence electrons. The fraction of sp³-hybridized carbons (Fsp3) is 0.111. The Morgan fingerprint density at radius 2 is 2.12 bits per heavy atom. The highest BCUT2D eigenvalue weighted by atomic mass is 79.9. The average Bonchev–Trinajstić information content (AvgIpc) is 3.07. The lowest BCUT2D eigenvalue weighted by Crippen LogP contribution is -2.20. The summed E-state index contributed by atoms with van der Waals surface area (Å²) in [5.41, 5.74) is 1.75. The minimum atomic E-state index is -0.254. The van der Waals surface area contributed by atoms with Crippen LogP contribution < -0.4 is 10.1 Å². The molecule has 2 aromatic carbocycles. The van der Waals surface area contributed by atoms with Crippen molar-refractivity contribution in [2.75, 3.05) is 11.9 Å². The first-order valence-corrected chi connectivity index (χ1v) is 8.71. The molecule has 0 fully saturated rings. The van der Waals surface area contributed by atoms with E-state index in [1.165, 1.54) is 0 Å². The molecule has 0 saturated carbocycles. The van der Waals surface area contributed by atoms with Crippen molar-refractivity contribution in [3.05, 3.63) is 76.0 Å². The summed E-state index contributed by atoms with van der Waals surface area (Å²) in [6, 6.07) is 14.7. The molecule has 1 amide bonds. The van der Waals surface area contributed by atoms with E-state index in [0.717, 1.165) is 10.0 Å². The molecule has 0 aliphatic rings. The van der Waals surface area contributed by atoms with E-state index in [1.807, 2.05) is 41.2 Å². The number of nitrogens with zero attached hydrogens (tertiary/aromatic N) is 2. The van der Waals surface area contributed by atoms with Crippen LogP contribution in [0.1, 0.15) is 5.56 Å². The molecule has 25 heavy (non-hydrogen) atoms. The van der Waals surface area contributed by atoms with E-state index >= 15 is 0 Å². The minimum absolute atomic E-state index is 0.120. The number of carbonyl (C=O) groups excluding carboxylic acids is 1. The Kier molecular flexibility index (Phi) is 5.73. The number of carbonyl (C=O) groups is 1. The highest BCUT2D eigenvalue weighted by Gasteiger charge is 2.07. The van der Waals surface area contributed by atoms with E-state index in [4.69, 9.17) is 16.3 Å². The van der Waals surface area contributed by atoms with Crippen molar-refractivity contribution < 1.29 is 9.53 Å². The van der Waals surface area contributed by atoms with Crippen LogP contribution in [0.15, 0.2) is 65.4 Å². The number of hydrogen-bond donors (Lipinski definition) is 1. The first-order chi connectivity index (χ1) is 12.1. The third-order valence-corrected chi connectivity index (χ3v) is 4.16. The number of anilines is 1. The van der Waals surface area contributed by atoms with E-state index in [9.17, 15) is 4.79 Å². The number of nitrogens with one attached hydrogen (secondary N) is 1. The molecule has 1 heterocycles. The second-order valence-electron chi connectivity index (χ2n) is 5.32. The number of amides is 1. The van der Waals surface area contributed by atoms with Crippen LogP contribution in [0.3, 0.4) is 0 Å². The summed E-state index contributed by atoms with van der Waals surface area (Å²) >= 11 is 9.39. The predicted octanol–water partition coefficient (Wildman–Crippen LogP) is 4.36. The zero-order valence-electron chi connectivity index (χ0n) is 13.2. The zero-order chi connectivity index (χ0) is 17.6. The Bertz CT molecular complexity index is 869. The lowest BCUT2D eigenvalue weighted by Gasteiger charge is -2.10. The van der Waals surface area contributed by atoms with Crippen molar-refractivity contribution in [2.24, 2.45) is 0 Å². The van der Waals surface area contributed by atoms with Gasteiger partial charge in [0.1, 0.15) is 5.75 Å². The molecule has 0 radical (unpaired) electrons. The predicted molar refractivity (Wildman–Crippen MR) is 101 cm³/mol. The number of hydrogen-bond acceptors (Lipinski definition) is 3. The van der Waals surface area contributed by atoms with Gasteiger partial charge in [-0.2, -0.15) is 5.10 Å². The summed E-state index contributed by atoms with van der Waals surface area (Å²) in [5, 5.41) is 7.44. The highest BCUT2D eigenvalue weighted by molar-refractivity contribution is 9.10. The third-order valence-electron chi connectivity index (χ3n) is 3.37. The van der Waals surface area contributed by atoms with Gasteiger partial charge in [0.2, 0.25) is 0 Å². The summed E-state index contributed by atoms with van der Waals surface area (Å²) in [6.07, 6.45) is 3.62. The van der Waals surface area contributed by atoms with Crippen molar-refractivity contribution in [1.29, 1.82) is 0 Å². The second-order valence-corrected chi connectivity index (χ2v) is 6.64. The third kappa shape index (κ3) is 5.08. The normalized spacial score (nSPS) is 10.5. The second kappa shape index (κ2) is 8.18. The average molecular weight is 421 g/mol. The molecule has 3 rings (SSSR count). The van der Waals surface area contributed by atoms with Gasteiger partial charge in [-0.25, -0.2) is 0 Å². The fourth-order valence-corrected chi connectivity index (χ4v) is 2.99. The van der Waals surface area contributed by atoms with Crippen molar-refractivity contribution >= 4 is 39.1 Å². The summed E-state index contributed by atoms with van der Waals surface area (Å²) in [5.74, 6) is 0.211. The van der Waals surface area contributed by atoms with Gasteiger partial charge in [0, 0.05) is 22.6 Å². The molecule has 1 aromatic heterocycles. The van der Waals surface area contributed by atoms with Gasteiger partial charge in [-0.05, 0) is 42.0 Å². The Balaban J connectivity index is 1.57. The minimum Gasteiger partial charge on any atom is -0.482 e. The molecular weight excluding hydrogens is 406 g/mol. The van der Waals surface area contributed by atoms with E-state index in [-0.39, 0.29) is 12.5 Å². The van der Waals surface area contributed by atoms with E-state index in [2.05, 4.69) is 26.3 Å². The summed E-state index contributed by atoms with van der Waals surface area (Å²) in [4.78, 5) is 12.1. The molecule has 0 aliphatic carbocycles. The smallest absolute Gasteiger partial charge is 0.262 e. The molecule has 1 N–H and O–H groups in total. The van der Waals surface area contributed by atoms with Gasteiger partial charge in [0.25, 0.3) is 5.91 Å². The van der Waals surface area contributed by atoms with Crippen LogP contribution in [-0.2, 0) is 11.3 Å². The molecule has 3 aromatic rings. The lowest BCUT2D eigenvalue weighted by molar-refractivity contribution is -0.118. The van der Waals surface area contributed by atoms with E-state index in [1.54, 1.807) is 24.4 Å². The van der Waals surface area contributed by atoms with Crippen LogP contribution in [0.5, 0.6) is 5.75 Å². The molecule has 0 aliphatic heterocycles. The summed E-state index contributed by atoms with van der Waals surface area (Å²) in [7, 11) is 0. The summed E-state index contributed by atoms with van der Waals surface area (Å²) in [6.45, 7) is 0.520. The van der Waals surface area contributed by atoms with Crippen molar-refractivity contribution in [2.45, 2.75) is 6.54 Å². The molecule has 0 spiro atoms. The lowest BCUT2D eigenvalue weighted by atomic mass is 10.2. The molecule has 5 nitrogen and oxygen atoms in total. The Labute approximate surface area is 158 Å². The molecule has 7 heteroatoms. The van der Waals surface area contributed by atoms with Crippen molar-refractivity contribution in [3.63, 3.8) is 0 Å². The number of halogens is 2. The Morgan fingerprint density at radius 3 is 2.88 bits per heavy atom. The van der Waals surface area contributed by atoms with Gasteiger partial charge in [-0.15, -0.1) is 0 Å². The molecule has 0 saturated heterocycles. The molecular formula is C18H15BrClN3O2. The van der Waals surface area contributed by atoms with Crippen LogP contribution in [-0.4, -0.2) is 22.3 Å². The maximum atomic E-state index is 12.1. The molecule has 0 bridgehead atoms. The van der Waals surface area contributed by atoms with Crippen molar-refractivity contribution in [1.82, 2.24) is 9.78 Å². The van der Waals surface area contributed by atoms with Gasteiger partial charge < -0.3 is 10.1 Å². The van der Waals surface area contributed by atoms with E-state index < -0.39 is 0 Å². The number of aromatic nitrogens is 2. The van der Waals surface area contributed by atoms with Crippen LogP contribution >= 0.6 is 27.5 Å². The van der Waals surface area contributed by atoms with Crippen LogP contribution in [0, 0.1) is 0 Å². The standard InChI is InChI=1S/C18H15BrClN3O2/c19-14-5-6-17(16(20)10-14)25-12-18(24)22-15-4-1-3-13(9-15)11-23-8-2-7-21-23/h1-10H,11-12H2,(H,22,24). The van der Waals surface area contributed by atoms with Gasteiger partial charge in [0.05, 0.1) is 11.6 Å². The topological polar surface area (TPSA) is 56.1 Å². The monoisotopic (exact) mass is 419 g/mol. The number of ether oxygens (including phenoxy) is 1. The van der Waals surface area contributed by atoms with Gasteiger partial charge in [0.15, 0.2) is 6.61 Å². The van der Waals surface area contributed by atoms with E-state index in [0.29, 0.717) is 23.0 Å². The van der Waals surface area contributed by atoms with Crippen molar-refractivity contribution in [3.8, 4) is 5.75 Å². The van der Waals surface area contributed by atoms with Crippen LogP contribution in [0.25, 0.3) is 0 Å². The molecule has 0 unspecified atom stereocenters. The van der Waals surface area contributed by atoms with Gasteiger partial charge in [-0.1, -0.05) is 39.7 Å². The van der Waals surface area contributed by atoms with Gasteiger partial charge in [-0.3, -0.25) is 9.48 Å². The first kappa shape index (κ1) is 17.5. The highest BCUT2D eigenvalue weighted by Crippen LogP contribution is 2.27. The maximum absolute atomic E-state index is 12.1. The SMILES string of the molecule is O=C(COc1ccc(Br)cc1Cl)Nc1cccc(Cn2cccn2)c1. The quantitative estimate of drug-likeness (QED) is 0.644. The summed E-state index contributed by atoms with van der Waals surface area (Å²) < 4.78 is 8.13. The largest absolute Gasteiger partial charge is 0.482 e. The number of rotatable bonds is 6. The maximum Gasteiger partial charge on any atom is 0.262 e. The fourth-order valence-electron chi connectivity index (χ4n) is 2.26. The van der Waals surface area contributed by atoms with Crippen LogP contribution in [0.2, 0.25) is 5.02 Å². The Morgan fingerprint density at radius 1 is 1.24 bits per heavy atom. The zero-order valence-corrected chi connectivity index (χ0v) is 15.5. The van der Waals surface area contributed by atoms with Gasteiger partial charge >= 0.3 is 0 Å². The first-order valence-electron chi connectivity index (χ1n) is 7.54. The number of benzene rings is 2. The molecule has 0 atom stereocenters.